The lowest BCUT2D eigenvalue weighted by molar-refractivity contribution is -0.131. The standard InChI is InChI=1S/C17H30N2O/c1-12(2)15-18-17(9-10-17)16(20)19(15)11-8-14-6-4-13(3)5-7-14/h12-15,18H,4-11H2,1-3H3. The van der Waals surface area contributed by atoms with Crippen LogP contribution in [-0.4, -0.2) is 29.1 Å². The lowest BCUT2D eigenvalue weighted by atomic mass is 9.81. The first-order valence-corrected chi connectivity index (χ1v) is 8.60. The number of nitrogens with one attached hydrogen (secondary N) is 1. The smallest absolute Gasteiger partial charge is 0.244 e. The number of nitrogens with zero attached hydrogens (tertiary/aromatic N) is 1. The Morgan fingerprint density at radius 1 is 1.25 bits per heavy atom. The van der Waals surface area contributed by atoms with Crippen LogP contribution in [0.15, 0.2) is 0 Å². The summed E-state index contributed by atoms with van der Waals surface area (Å²) in [6.45, 7) is 7.79. The fourth-order valence-electron chi connectivity index (χ4n) is 4.01. The van der Waals surface area contributed by atoms with Crippen molar-refractivity contribution in [3.63, 3.8) is 0 Å². The van der Waals surface area contributed by atoms with E-state index in [2.05, 4.69) is 31.0 Å². The highest BCUT2D eigenvalue weighted by Crippen LogP contribution is 2.43. The molecule has 1 spiro atoms. The van der Waals surface area contributed by atoms with E-state index in [1.807, 2.05) is 0 Å². The quantitative estimate of drug-likeness (QED) is 0.857. The molecule has 114 valence electrons. The summed E-state index contributed by atoms with van der Waals surface area (Å²) in [6.07, 6.45) is 9.08. The minimum absolute atomic E-state index is 0.143. The Balaban J connectivity index is 1.56. The number of amides is 1. The summed E-state index contributed by atoms with van der Waals surface area (Å²) >= 11 is 0. The van der Waals surface area contributed by atoms with Crippen LogP contribution < -0.4 is 5.32 Å². The highest BCUT2D eigenvalue weighted by molar-refractivity contribution is 5.91. The van der Waals surface area contributed by atoms with Crippen molar-refractivity contribution in [1.82, 2.24) is 10.2 Å². The third-order valence-electron chi connectivity index (χ3n) is 5.73. The van der Waals surface area contributed by atoms with E-state index in [1.54, 1.807) is 0 Å². The van der Waals surface area contributed by atoms with Gasteiger partial charge in [-0.05, 0) is 37.0 Å². The van der Waals surface area contributed by atoms with Crippen LogP contribution in [0.4, 0.5) is 0 Å². The van der Waals surface area contributed by atoms with Gasteiger partial charge in [0.05, 0.1) is 11.7 Å². The molecule has 2 aliphatic carbocycles. The molecule has 1 unspecified atom stereocenters. The molecule has 0 aromatic rings. The predicted molar refractivity (Wildman–Crippen MR) is 81.2 cm³/mol. The summed E-state index contributed by atoms with van der Waals surface area (Å²) in [5, 5.41) is 3.61. The van der Waals surface area contributed by atoms with Crippen LogP contribution in [0.2, 0.25) is 0 Å². The lowest BCUT2D eigenvalue weighted by Gasteiger charge is -2.31. The maximum absolute atomic E-state index is 12.6. The van der Waals surface area contributed by atoms with Crippen molar-refractivity contribution in [2.24, 2.45) is 17.8 Å². The van der Waals surface area contributed by atoms with Crippen LogP contribution in [0.5, 0.6) is 0 Å². The molecule has 2 saturated carbocycles. The van der Waals surface area contributed by atoms with Gasteiger partial charge in [0.25, 0.3) is 0 Å². The average Bonchev–Trinajstić information content (AvgIpc) is 3.14. The zero-order chi connectivity index (χ0) is 14.3. The van der Waals surface area contributed by atoms with Crippen LogP contribution in [0.1, 0.15) is 65.7 Å². The van der Waals surface area contributed by atoms with Gasteiger partial charge in [-0.3, -0.25) is 10.1 Å². The molecule has 1 atom stereocenters. The Kier molecular flexibility index (Phi) is 3.83. The van der Waals surface area contributed by atoms with E-state index in [4.69, 9.17) is 0 Å². The third-order valence-corrected chi connectivity index (χ3v) is 5.73. The van der Waals surface area contributed by atoms with E-state index >= 15 is 0 Å². The summed E-state index contributed by atoms with van der Waals surface area (Å²) in [4.78, 5) is 14.8. The number of rotatable bonds is 4. The first-order chi connectivity index (χ1) is 9.52. The Morgan fingerprint density at radius 2 is 1.90 bits per heavy atom. The van der Waals surface area contributed by atoms with Gasteiger partial charge in [0.2, 0.25) is 5.91 Å². The third kappa shape index (κ3) is 2.61. The highest BCUT2D eigenvalue weighted by Gasteiger charge is 2.59. The van der Waals surface area contributed by atoms with E-state index in [9.17, 15) is 4.79 Å². The minimum atomic E-state index is -0.143. The van der Waals surface area contributed by atoms with Crippen molar-refractivity contribution in [2.75, 3.05) is 6.54 Å². The number of carbonyl (C=O) groups excluding carboxylic acids is 1. The van der Waals surface area contributed by atoms with Gasteiger partial charge >= 0.3 is 0 Å². The molecule has 3 rings (SSSR count). The fourth-order valence-corrected chi connectivity index (χ4v) is 4.01. The second kappa shape index (κ2) is 5.32. The van der Waals surface area contributed by atoms with Crippen molar-refractivity contribution in [3.05, 3.63) is 0 Å². The van der Waals surface area contributed by atoms with Gasteiger partial charge in [0.1, 0.15) is 0 Å². The molecule has 1 saturated heterocycles. The minimum Gasteiger partial charge on any atom is -0.325 e. The molecule has 0 aromatic heterocycles. The molecule has 1 amide bonds. The summed E-state index contributed by atoms with van der Waals surface area (Å²) in [7, 11) is 0. The van der Waals surface area contributed by atoms with E-state index < -0.39 is 0 Å². The SMILES string of the molecule is CC1CCC(CCN2C(=O)C3(CC3)NC2C(C)C)CC1. The Bertz CT molecular complexity index is 367. The van der Waals surface area contributed by atoms with Gasteiger partial charge in [-0.2, -0.15) is 0 Å². The molecule has 0 aromatic carbocycles. The van der Waals surface area contributed by atoms with Gasteiger partial charge in [-0.15, -0.1) is 0 Å². The average molecular weight is 278 g/mol. The Morgan fingerprint density at radius 3 is 2.45 bits per heavy atom. The molecule has 3 heteroatoms. The van der Waals surface area contributed by atoms with Gasteiger partial charge in [0, 0.05) is 6.54 Å². The second-order valence-electron chi connectivity index (χ2n) is 7.83. The molecule has 3 fully saturated rings. The van der Waals surface area contributed by atoms with Crippen LogP contribution in [0.25, 0.3) is 0 Å². The van der Waals surface area contributed by atoms with Crippen molar-refractivity contribution in [3.8, 4) is 0 Å². The lowest BCUT2D eigenvalue weighted by Crippen LogP contribution is -2.42. The molecule has 0 bridgehead atoms. The molecule has 0 radical (unpaired) electrons. The van der Waals surface area contributed by atoms with Gasteiger partial charge in [-0.1, -0.05) is 46.5 Å². The monoisotopic (exact) mass is 278 g/mol. The Labute approximate surface area is 123 Å². The first-order valence-electron chi connectivity index (χ1n) is 8.60. The molecular formula is C17H30N2O. The Hall–Kier alpha value is -0.570. The zero-order valence-corrected chi connectivity index (χ0v) is 13.3. The maximum atomic E-state index is 12.6. The molecule has 3 aliphatic rings. The van der Waals surface area contributed by atoms with E-state index in [0.717, 1.165) is 31.2 Å². The summed E-state index contributed by atoms with van der Waals surface area (Å²) in [5.74, 6) is 2.66. The molecule has 1 aliphatic heterocycles. The van der Waals surface area contributed by atoms with E-state index in [-0.39, 0.29) is 11.7 Å². The molecule has 3 nitrogen and oxygen atoms in total. The highest BCUT2D eigenvalue weighted by atomic mass is 16.2. The number of hydrogen-bond donors (Lipinski definition) is 1. The fraction of sp³-hybridized carbons (Fsp3) is 0.941. The first kappa shape index (κ1) is 14.4. The molecular weight excluding hydrogens is 248 g/mol. The second-order valence-corrected chi connectivity index (χ2v) is 7.83. The van der Waals surface area contributed by atoms with Crippen LogP contribution in [0, 0.1) is 17.8 Å². The maximum Gasteiger partial charge on any atom is 0.244 e. The van der Waals surface area contributed by atoms with E-state index in [1.165, 1.54) is 32.1 Å². The van der Waals surface area contributed by atoms with Crippen LogP contribution in [0.3, 0.4) is 0 Å². The van der Waals surface area contributed by atoms with Gasteiger partial charge in [0.15, 0.2) is 0 Å². The normalized spacial score (nSPS) is 36.1. The largest absolute Gasteiger partial charge is 0.325 e. The van der Waals surface area contributed by atoms with Crippen molar-refractivity contribution in [1.29, 1.82) is 0 Å². The van der Waals surface area contributed by atoms with E-state index in [0.29, 0.717) is 11.8 Å². The van der Waals surface area contributed by atoms with Gasteiger partial charge in [-0.25, -0.2) is 0 Å². The summed E-state index contributed by atoms with van der Waals surface area (Å²) in [6, 6.07) is 0. The van der Waals surface area contributed by atoms with Crippen LogP contribution >= 0.6 is 0 Å². The van der Waals surface area contributed by atoms with Crippen molar-refractivity contribution in [2.45, 2.75) is 77.4 Å². The van der Waals surface area contributed by atoms with Crippen molar-refractivity contribution >= 4 is 5.91 Å². The summed E-state index contributed by atoms with van der Waals surface area (Å²) < 4.78 is 0. The predicted octanol–water partition coefficient (Wildman–Crippen LogP) is 3.15. The summed E-state index contributed by atoms with van der Waals surface area (Å²) in [5.41, 5.74) is -0.143. The van der Waals surface area contributed by atoms with Crippen LogP contribution in [-0.2, 0) is 4.79 Å². The number of hydrogen-bond acceptors (Lipinski definition) is 2. The zero-order valence-electron chi connectivity index (χ0n) is 13.3. The molecule has 20 heavy (non-hydrogen) atoms. The van der Waals surface area contributed by atoms with Gasteiger partial charge < -0.3 is 4.90 Å². The molecule has 1 N–H and O–H groups in total. The molecule has 1 heterocycles. The van der Waals surface area contributed by atoms with Crippen molar-refractivity contribution < 1.29 is 4.79 Å². The topological polar surface area (TPSA) is 32.3 Å². The number of carbonyl (C=O) groups is 1.